The van der Waals surface area contributed by atoms with E-state index in [-0.39, 0.29) is 19.2 Å². The molecule has 0 fully saturated rings. The van der Waals surface area contributed by atoms with Gasteiger partial charge in [-0.1, -0.05) is 17.7 Å². The number of nitrogens with one attached hydrogen (secondary N) is 3. The molecule has 1 aliphatic heterocycles. The normalized spacial score (nSPS) is 13.1. The third kappa shape index (κ3) is 4.98. The van der Waals surface area contributed by atoms with E-state index in [0.29, 0.717) is 12.2 Å². The van der Waals surface area contributed by atoms with E-state index in [1.54, 1.807) is 0 Å². The number of likely N-dealkylation sites (N-methyl/N-ethyl adjacent to an activating group) is 1. The molecule has 0 radical (unpaired) electrons. The maximum Gasteiger partial charge on any atom is 0.326 e. The molecule has 2 aromatic carbocycles. The number of carbonyl (C=O) groups is 2. The number of benzene rings is 2. The van der Waals surface area contributed by atoms with Gasteiger partial charge in [0.25, 0.3) is 5.91 Å². The van der Waals surface area contributed by atoms with Crippen LogP contribution < -0.4 is 25.0 Å². The third-order valence-electron chi connectivity index (χ3n) is 4.29. The minimum atomic E-state index is -0.525. The second kappa shape index (κ2) is 8.09. The van der Waals surface area contributed by atoms with Gasteiger partial charge in [0.15, 0.2) is 18.0 Å². The summed E-state index contributed by atoms with van der Waals surface area (Å²) in [6.45, 7) is 4.93. The number of hydrogen-bond donors (Lipinski definition) is 3. The fourth-order valence-electron chi connectivity index (χ4n) is 3.01. The first-order valence-electron chi connectivity index (χ1n) is 8.78. The van der Waals surface area contributed by atoms with Gasteiger partial charge in [-0.2, -0.15) is 0 Å². The molecule has 3 amide bonds. The Hall–Kier alpha value is -3.06. The van der Waals surface area contributed by atoms with Gasteiger partial charge in [0.2, 0.25) is 6.79 Å². The number of anilines is 1. The summed E-state index contributed by atoms with van der Waals surface area (Å²) in [5.41, 5.74) is 3.78. The molecule has 142 valence electrons. The average Bonchev–Trinajstić information content (AvgIpc) is 3.04. The molecule has 1 aliphatic rings. The Morgan fingerprint density at radius 1 is 1.07 bits per heavy atom. The highest BCUT2D eigenvalue weighted by Gasteiger charge is 2.17. The summed E-state index contributed by atoms with van der Waals surface area (Å²) in [4.78, 5) is 25.1. The van der Waals surface area contributed by atoms with Crippen LogP contribution >= 0.6 is 0 Å². The summed E-state index contributed by atoms with van der Waals surface area (Å²) < 4.78 is 10.7. The highest BCUT2D eigenvalue weighted by molar-refractivity contribution is 6.01. The van der Waals surface area contributed by atoms with Gasteiger partial charge in [-0.05, 0) is 43.7 Å². The predicted molar refractivity (Wildman–Crippen MR) is 101 cm³/mol. The van der Waals surface area contributed by atoms with Crippen molar-refractivity contribution < 1.29 is 24.0 Å². The van der Waals surface area contributed by atoms with Crippen LogP contribution in [0.1, 0.15) is 16.7 Å². The van der Waals surface area contributed by atoms with Crippen LogP contribution in [-0.2, 0) is 11.3 Å². The minimum absolute atomic E-state index is 0.175. The van der Waals surface area contributed by atoms with Gasteiger partial charge in [0.05, 0.1) is 7.05 Å². The van der Waals surface area contributed by atoms with E-state index < -0.39 is 6.03 Å². The molecule has 1 heterocycles. The zero-order valence-electron chi connectivity index (χ0n) is 15.7. The van der Waals surface area contributed by atoms with Gasteiger partial charge in [-0.3, -0.25) is 10.1 Å². The second-order valence-electron chi connectivity index (χ2n) is 6.82. The van der Waals surface area contributed by atoms with Gasteiger partial charge >= 0.3 is 6.03 Å². The highest BCUT2D eigenvalue weighted by Crippen LogP contribution is 2.32. The number of aryl methyl sites for hydroxylation is 2. The fraction of sp³-hybridized carbons (Fsp3) is 0.300. The Morgan fingerprint density at radius 2 is 1.85 bits per heavy atom. The van der Waals surface area contributed by atoms with Crippen LogP contribution in [0.3, 0.4) is 0 Å². The van der Waals surface area contributed by atoms with Crippen molar-refractivity contribution in [3.05, 3.63) is 53.1 Å². The molecular weight excluding hydrogens is 346 g/mol. The van der Waals surface area contributed by atoms with E-state index >= 15 is 0 Å². The Bertz CT molecular complexity index is 866. The summed E-state index contributed by atoms with van der Waals surface area (Å²) in [6, 6.07) is 10.9. The summed E-state index contributed by atoms with van der Waals surface area (Å²) in [5.74, 6) is 1.12. The molecule has 27 heavy (non-hydrogen) atoms. The number of amides is 3. The first kappa shape index (κ1) is 18.7. The van der Waals surface area contributed by atoms with Gasteiger partial charge in [-0.15, -0.1) is 0 Å². The molecule has 0 bridgehead atoms. The largest absolute Gasteiger partial charge is 0.454 e. The maximum absolute atomic E-state index is 12.1. The lowest BCUT2D eigenvalue weighted by molar-refractivity contribution is -0.885. The predicted octanol–water partition coefficient (Wildman–Crippen LogP) is 1.40. The zero-order chi connectivity index (χ0) is 19.4. The van der Waals surface area contributed by atoms with Crippen molar-refractivity contribution in [3.8, 4) is 11.5 Å². The van der Waals surface area contributed by atoms with Crippen molar-refractivity contribution in [3.63, 3.8) is 0 Å². The molecule has 0 saturated carbocycles. The Labute approximate surface area is 158 Å². The van der Waals surface area contributed by atoms with Crippen LogP contribution in [-0.4, -0.2) is 32.3 Å². The van der Waals surface area contributed by atoms with E-state index in [9.17, 15) is 9.59 Å². The molecular formula is C20H24N3O4+. The molecule has 1 atom stereocenters. The topological polar surface area (TPSA) is 81.1 Å². The van der Waals surface area contributed by atoms with Crippen molar-refractivity contribution in [2.24, 2.45) is 0 Å². The average molecular weight is 370 g/mol. The standard InChI is InChI=1S/C20H23N3O4/c1-13-4-6-16(14(2)8-13)21-20(25)22-19(24)11-23(3)10-15-5-7-17-18(9-15)27-12-26-17/h4-9H,10-12H2,1-3H3,(H2,21,22,24,25)/p+1. The summed E-state index contributed by atoms with van der Waals surface area (Å²) in [7, 11) is 1.90. The van der Waals surface area contributed by atoms with Crippen LogP contribution in [0.25, 0.3) is 0 Å². The number of imide groups is 1. The van der Waals surface area contributed by atoms with E-state index in [1.165, 1.54) is 0 Å². The first-order chi connectivity index (χ1) is 12.9. The number of hydrogen-bond acceptors (Lipinski definition) is 4. The van der Waals surface area contributed by atoms with Crippen molar-refractivity contribution in [1.82, 2.24) is 5.32 Å². The third-order valence-corrected chi connectivity index (χ3v) is 4.29. The van der Waals surface area contributed by atoms with E-state index in [4.69, 9.17) is 9.47 Å². The van der Waals surface area contributed by atoms with Crippen LogP contribution in [0.15, 0.2) is 36.4 Å². The van der Waals surface area contributed by atoms with Crippen LogP contribution in [0.2, 0.25) is 0 Å². The maximum atomic E-state index is 12.1. The minimum Gasteiger partial charge on any atom is -0.454 e. The first-order valence-corrected chi connectivity index (χ1v) is 8.78. The molecule has 7 heteroatoms. The lowest BCUT2D eigenvalue weighted by Gasteiger charge is -2.14. The molecule has 0 aromatic heterocycles. The smallest absolute Gasteiger partial charge is 0.326 e. The Kier molecular flexibility index (Phi) is 5.61. The summed E-state index contributed by atoms with van der Waals surface area (Å²) >= 11 is 0. The number of rotatable bonds is 5. The van der Waals surface area contributed by atoms with E-state index in [2.05, 4.69) is 10.6 Å². The van der Waals surface area contributed by atoms with Gasteiger partial charge in [0, 0.05) is 11.3 Å². The van der Waals surface area contributed by atoms with E-state index in [0.717, 1.165) is 33.1 Å². The van der Waals surface area contributed by atoms with E-state index in [1.807, 2.05) is 57.3 Å². The molecule has 1 unspecified atom stereocenters. The van der Waals surface area contributed by atoms with Gasteiger partial charge in [0.1, 0.15) is 6.54 Å². The van der Waals surface area contributed by atoms with Gasteiger partial charge < -0.3 is 19.7 Å². The zero-order valence-corrected chi connectivity index (χ0v) is 15.7. The molecule has 2 aromatic rings. The number of ether oxygens (including phenoxy) is 2. The highest BCUT2D eigenvalue weighted by atomic mass is 16.7. The van der Waals surface area contributed by atoms with Crippen molar-refractivity contribution in [2.75, 3.05) is 25.7 Å². The molecule has 0 aliphatic carbocycles. The lowest BCUT2D eigenvalue weighted by atomic mass is 10.1. The quantitative estimate of drug-likeness (QED) is 0.743. The lowest BCUT2D eigenvalue weighted by Crippen LogP contribution is -3.09. The second-order valence-corrected chi connectivity index (χ2v) is 6.82. The number of quaternary nitrogens is 1. The fourth-order valence-corrected chi connectivity index (χ4v) is 3.01. The number of fused-ring (bicyclic) bond motifs is 1. The van der Waals surface area contributed by atoms with Crippen LogP contribution in [0.5, 0.6) is 11.5 Å². The van der Waals surface area contributed by atoms with Crippen LogP contribution in [0, 0.1) is 13.8 Å². The van der Waals surface area contributed by atoms with Crippen molar-refractivity contribution in [1.29, 1.82) is 0 Å². The molecule has 3 rings (SSSR count). The molecule has 0 spiro atoms. The molecule has 7 nitrogen and oxygen atoms in total. The monoisotopic (exact) mass is 370 g/mol. The summed E-state index contributed by atoms with van der Waals surface area (Å²) in [6.07, 6.45) is 0. The molecule has 3 N–H and O–H groups in total. The Morgan fingerprint density at radius 3 is 2.63 bits per heavy atom. The number of urea groups is 1. The summed E-state index contributed by atoms with van der Waals surface area (Å²) in [5, 5.41) is 5.08. The SMILES string of the molecule is Cc1ccc(NC(=O)NC(=O)C[NH+](C)Cc2ccc3c(c2)OCO3)c(C)c1. The number of carbonyl (C=O) groups excluding carboxylic acids is 2. The van der Waals surface area contributed by atoms with Crippen molar-refractivity contribution >= 4 is 17.6 Å². The van der Waals surface area contributed by atoms with Gasteiger partial charge in [-0.25, -0.2) is 4.79 Å². The Balaban J connectivity index is 1.48. The van der Waals surface area contributed by atoms with Crippen LogP contribution in [0.4, 0.5) is 10.5 Å². The molecule has 0 saturated heterocycles. The van der Waals surface area contributed by atoms with Crippen molar-refractivity contribution in [2.45, 2.75) is 20.4 Å².